The molecule has 0 aliphatic heterocycles. The average Bonchev–Trinajstić information content (AvgIpc) is 2.32. The highest BCUT2D eigenvalue weighted by Gasteiger charge is 2.06. The van der Waals surface area contributed by atoms with Gasteiger partial charge in [0.25, 0.3) is 0 Å². The van der Waals surface area contributed by atoms with Crippen molar-refractivity contribution in [3.8, 4) is 0 Å². The molecule has 0 aliphatic carbocycles. The number of ether oxygens (including phenoxy) is 1. The molecule has 0 saturated carbocycles. The first kappa shape index (κ1) is 15.4. The van der Waals surface area contributed by atoms with Crippen LogP contribution in [0.15, 0.2) is 18.2 Å². The highest BCUT2D eigenvalue weighted by Crippen LogP contribution is 2.25. The van der Waals surface area contributed by atoms with Crippen molar-refractivity contribution in [2.45, 2.75) is 6.92 Å². The van der Waals surface area contributed by atoms with Gasteiger partial charge in [-0.05, 0) is 18.2 Å². The number of benzene rings is 1. The summed E-state index contributed by atoms with van der Waals surface area (Å²) in [6.45, 7) is 2.02. The van der Waals surface area contributed by atoms with Gasteiger partial charge in [0.1, 0.15) is 6.61 Å². The van der Waals surface area contributed by atoms with Crippen molar-refractivity contribution < 1.29 is 14.3 Å². The van der Waals surface area contributed by atoms with Gasteiger partial charge in [0.15, 0.2) is 0 Å². The van der Waals surface area contributed by atoms with Crippen LogP contribution in [0.4, 0.5) is 11.4 Å². The van der Waals surface area contributed by atoms with Gasteiger partial charge in [-0.25, -0.2) is 0 Å². The number of halogens is 1. The third kappa shape index (κ3) is 5.69. The fourth-order valence-electron chi connectivity index (χ4n) is 1.33. The van der Waals surface area contributed by atoms with Crippen molar-refractivity contribution in [1.29, 1.82) is 0 Å². The second-order valence-electron chi connectivity index (χ2n) is 3.77. The van der Waals surface area contributed by atoms with Crippen LogP contribution in [0, 0.1) is 0 Å². The number of amides is 2. The minimum atomic E-state index is -0.295. The molecule has 0 atom stereocenters. The molecular formula is C12H16ClN3O3. The normalized spacial score (nSPS) is 10.1. The molecule has 104 valence electrons. The number of nitrogens with two attached hydrogens (primary N) is 1. The molecule has 7 heteroatoms. The van der Waals surface area contributed by atoms with Crippen molar-refractivity contribution in [2.24, 2.45) is 5.73 Å². The molecule has 0 bridgehead atoms. The standard InChI is InChI=1S/C12H16ClN3O3/c1-8(17)15-11-3-2-9(6-10(11)13)16-12(18)7-19-5-4-14/h2-3,6H,4-5,7,14H2,1H3,(H,15,17)(H,16,18). The zero-order valence-corrected chi connectivity index (χ0v) is 11.3. The van der Waals surface area contributed by atoms with E-state index in [1.54, 1.807) is 18.2 Å². The molecule has 0 unspecified atom stereocenters. The molecule has 0 fully saturated rings. The van der Waals surface area contributed by atoms with Crippen LogP contribution in [0.3, 0.4) is 0 Å². The topological polar surface area (TPSA) is 93.5 Å². The summed E-state index contributed by atoms with van der Waals surface area (Å²) in [5.74, 6) is -0.509. The van der Waals surface area contributed by atoms with Crippen molar-refractivity contribution >= 4 is 34.8 Å². The van der Waals surface area contributed by atoms with Crippen LogP contribution in [0.2, 0.25) is 5.02 Å². The molecule has 0 heterocycles. The van der Waals surface area contributed by atoms with Gasteiger partial charge in [-0.15, -0.1) is 0 Å². The van der Waals surface area contributed by atoms with Gasteiger partial charge in [-0.2, -0.15) is 0 Å². The first-order valence-electron chi connectivity index (χ1n) is 5.67. The second-order valence-corrected chi connectivity index (χ2v) is 4.17. The Labute approximate surface area is 116 Å². The van der Waals surface area contributed by atoms with Crippen LogP contribution in [0.1, 0.15) is 6.92 Å². The van der Waals surface area contributed by atoms with Crippen molar-refractivity contribution in [1.82, 2.24) is 0 Å². The number of hydrogen-bond donors (Lipinski definition) is 3. The molecule has 1 aromatic carbocycles. The molecule has 4 N–H and O–H groups in total. The number of nitrogens with one attached hydrogen (secondary N) is 2. The van der Waals surface area contributed by atoms with Crippen LogP contribution >= 0.6 is 11.6 Å². The molecule has 6 nitrogen and oxygen atoms in total. The molecule has 0 aromatic heterocycles. The predicted molar refractivity (Wildman–Crippen MR) is 74.3 cm³/mol. The van der Waals surface area contributed by atoms with Gasteiger partial charge in [0, 0.05) is 19.2 Å². The van der Waals surface area contributed by atoms with E-state index in [1.165, 1.54) is 6.92 Å². The van der Waals surface area contributed by atoms with Gasteiger partial charge in [-0.3, -0.25) is 9.59 Å². The third-order valence-corrected chi connectivity index (χ3v) is 2.37. The van der Waals surface area contributed by atoms with E-state index >= 15 is 0 Å². The first-order valence-corrected chi connectivity index (χ1v) is 6.05. The fourth-order valence-corrected chi connectivity index (χ4v) is 1.56. The zero-order chi connectivity index (χ0) is 14.3. The summed E-state index contributed by atoms with van der Waals surface area (Å²) in [4.78, 5) is 22.4. The van der Waals surface area contributed by atoms with Gasteiger partial charge in [-0.1, -0.05) is 11.6 Å². The minimum absolute atomic E-state index is 0.0672. The summed E-state index contributed by atoms with van der Waals surface area (Å²) < 4.78 is 5.00. The Bertz CT molecular complexity index is 466. The smallest absolute Gasteiger partial charge is 0.250 e. The van der Waals surface area contributed by atoms with Gasteiger partial charge in [0.2, 0.25) is 11.8 Å². The van der Waals surface area contributed by atoms with Crippen LogP contribution in [-0.4, -0.2) is 31.6 Å². The average molecular weight is 286 g/mol. The molecule has 0 radical (unpaired) electrons. The highest BCUT2D eigenvalue weighted by molar-refractivity contribution is 6.34. The predicted octanol–water partition coefficient (Wildman–Crippen LogP) is 1.21. The maximum Gasteiger partial charge on any atom is 0.250 e. The van der Waals surface area contributed by atoms with Crippen LogP contribution in [-0.2, 0) is 14.3 Å². The first-order chi connectivity index (χ1) is 9.02. The van der Waals surface area contributed by atoms with E-state index in [0.29, 0.717) is 29.5 Å². The summed E-state index contributed by atoms with van der Waals surface area (Å²) in [5, 5.41) is 5.54. The molecular weight excluding hydrogens is 270 g/mol. The highest BCUT2D eigenvalue weighted by atomic mass is 35.5. The summed E-state index contributed by atoms with van der Waals surface area (Å²) in [6, 6.07) is 4.80. The zero-order valence-electron chi connectivity index (χ0n) is 10.5. The third-order valence-electron chi connectivity index (χ3n) is 2.06. The number of carbonyl (C=O) groups excluding carboxylic acids is 2. The molecule has 0 aliphatic rings. The lowest BCUT2D eigenvalue weighted by Gasteiger charge is -2.09. The molecule has 1 rings (SSSR count). The number of carbonyl (C=O) groups is 2. The van der Waals surface area contributed by atoms with E-state index in [0.717, 1.165) is 0 Å². The summed E-state index contributed by atoms with van der Waals surface area (Å²) in [6.07, 6.45) is 0. The van der Waals surface area contributed by atoms with Crippen molar-refractivity contribution in [3.63, 3.8) is 0 Å². The van der Waals surface area contributed by atoms with Gasteiger partial charge in [0.05, 0.1) is 17.3 Å². The summed E-state index contributed by atoms with van der Waals surface area (Å²) in [7, 11) is 0. The van der Waals surface area contributed by atoms with E-state index < -0.39 is 0 Å². The second kappa shape index (κ2) is 7.73. The van der Waals surface area contributed by atoms with Gasteiger partial charge < -0.3 is 21.1 Å². The molecule has 0 saturated heterocycles. The fraction of sp³-hybridized carbons (Fsp3) is 0.333. The lowest BCUT2D eigenvalue weighted by molar-refractivity contribution is -0.120. The Morgan fingerprint density at radius 2 is 2.11 bits per heavy atom. The Kier molecular flexibility index (Phi) is 6.27. The van der Waals surface area contributed by atoms with Crippen LogP contribution < -0.4 is 16.4 Å². The SMILES string of the molecule is CC(=O)Nc1ccc(NC(=O)COCCN)cc1Cl. The van der Waals surface area contributed by atoms with E-state index in [4.69, 9.17) is 22.1 Å². The number of hydrogen-bond acceptors (Lipinski definition) is 4. The minimum Gasteiger partial charge on any atom is -0.370 e. The van der Waals surface area contributed by atoms with Crippen LogP contribution in [0.5, 0.6) is 0 Å². The summed E-state index contributed by atoms with van der Waals surface area (Å²) >= 11 is 5.97. The lowest BCUT2D eigenvalue weighted by Crippen LogP contribution is -2.20. The largest absolute Gasteiger partial charge is 0.370 e. The van der Waals surface area contributed by atoms with E-state index in [2.05, 4.69) is 10.6 Å². The Morgan fingerprint density at radius 1 is 1.37 bits per heavy atom. The molecule has 19 heavy (non-hydrogen) atoms. The number of rotatable bonds is 6. The van der Waals surface area contributed by atoms with Crippen molar-refractivity contribution in [3.05, 3.63) is 23.2 Å². The number of anilines is 2. The maximum absolute atomic E-state index is 11.5. The monoisotopic (exact) mass is 285 g/mol. The summed E-state index contributed by atoms with van der Waals surface area (Å²) in [5.41, 5.74) is 6.26. The quantitative estimate of drug-likeness (QED) is 0.685. The Balaban J connectivity index is 2.58. The van der Waals surface area contributed by atoms with Crippen molar-refractivity contribution in [2.75, 3.05) is 30.4 Å². The lowest BCUT2D eigenvalue weighted by atomic mass is 10.2. The molecule has 2 amide bonds. The molecule has 0 spiro atoms. The van der Waals surface area contributed by atoms with E-state index in [-0.39, 0.29) is 18.4 Å². The Morgan fingerprint density at radius 3 is 2.68 bits per heavy atom. The Hall–Kier alpha value is -1.63. The van der Waals surface area contributed by atoms with E-state index in [1.807, 2.05) is 0 Å². The maximum atomic E-state index is 11.5. The molecule has 1 aromatic rings. The van der Waals surface area contributed by atoms with Gasteiger partial charge >= 0.3 is 0 Å². The van der Waals surface area contributed by atoms with E-state index in [9.17, 15) is 9.59 Å². The van der Waals surface area contributed by atoms with Crippen LogP contribution in [0.25, 0.3) is 0 Å².